The number of benzene rings is 4. The first kappa shape index (κ1) is 31.2. The van der Waals surface area contributed by atoms with Gasteiger partial charge in [-0.1, -0.05) is 42.5 Å². The molecule has 0 bridgehead atoms. The smallest absolute Gasteiger partial charge is 0.323 e. The number of carbonyl (C=O) groups excluding carboxylic acids is 2. The minimum absolute atomic E-state index is 0.105. The van der Waals surface area contributed by atoms with Gasteiger partial charge in [-0.25, -0.2) is 13.6 Å². The van der Waals surface area contributed by atoms with Gasteiger partial charge in [-0.15, -0.1) is 0 Å². The van der Waals surface area contributed by atoms with Crippen LogP contribution >= 0.6 is 0 Å². The molecule has 0 spiro atoms. The van der Waals surface area contributed by atoms with E-state index < -0.39 is 23.4 Å². The third kappa shape index (κ3) is 7.05. The molecule has 6 rings (SSSR count). The average Bonchev–Trinajstić information content (AvgIpc) is 3.46. The summed E-state index contributed by atoms with van der Waals surface area (Å²) in [5.74, 6) is -0.372. The molecule has 1 saturated heterocycles. The van der Waals surface area contributed by atoms with E-state index in [9.17, 15) is 18.4 Å². The Hall–Kier alpha value is -4.76. The van der Waals surface area contributed by atoms with Crippen LogP contribution in [-0.4, -0.2) is 37.7 Å². The van der Waals surface area contributed by atoms with Crippen molar-refractivity contribution in [2.24, 2.45) is 0 Å². The van der Waals surface area contributed by atoms with Gasteiger partial charge in [0.1, 0.15) is 29.6 Å². The molecule has 0 aliphatic carbocycles. The van der Waals surface area contributed by atoms with E-state index in [1.54, 1.807) is 17.0 Å². The van der Waals surface area contributed by atoms with Gasteiger partial charge < -0.3 is 25.2 Å². The summed E-state index contributed by atoms with van der Waals surface area (Å²) in [5, 5.41) is 4.85. The number of urea groups is 1. The van der Waals surface area contributed by atoms with Crippen molar-refractivity contribution in [3.63, 3.8) is 0 Å². The van der Waals surface area contributed by atoms with Crippen molar-refractivity contribution in [3.05, 3.63) is 119 Å². The maximum Gasteiger partial charge on any atom is 0.323 e. The lowest BCUT2D eigenvalue weighted by molar-refractivity contribution is -0.919. The maximum absolute atomic E-state index is 14.0. The monoisotopic (exact) mass is 625 g/mol. The van der Waals surface area contributed by atoms with Crippen molar-refractivity contribution in [2.45, 2.75) is 51.7 Å². The number of amides is 3. The molecule has 0 saturated carbocycles. The third-order valence-corrected chi connectivity index (χ3v) is 8.73. The van der Waals surface area contributed by atoms with Crippen LogP contribution in [0.15, 0.2) is 84.9 Å². The minimum atomic E-state index is -0.868. The summed E-state index contributed by atoms with van der Waals surface area (Å²) in [6.45, 7) is 7.58. The molecule has 2 heterocycles. The number of anilines is 3. The van der Waals surface area contributed by atoms with E-state index in [2.05, 4.69) is 48.7 Å². The summed E-state index contributed by atoms with van der Waals surface area (Å²) in [6, 6.07) is 24.1. The number of ether oxygens (including phenoxy) is 1. The van der Waals surface area contributed by atoms with Crippen LogP contribution in [0.25, 0.3) is 0 Å². The van der Waals surface area contributed by atoms with Crippen molar-refractivity contribution >= 4 is 29.0 Å². The standard InChI is InChI=1S/C37H38F2N4O3/c1-24(2)46-34-12-4-3-9-30(34)26-15-18-42(19-16-26)23-25-7-5-8-28(21-25)36(44)43-20-17-27-13-14-29(22-33(27)43)40-37(45)41-35-31(38)10-6-11-32(35)39/h3-14,21-22,24,26H,15-20,23H2,1-2H3,(H2,40,41,45)/p+1. The summed E-state index contributed by atoms with van der Waals surface area (Å²) in [6.07, 6.45) is 3.00. The zero-order chi connectivity index (χ0) is 32.2. The highest BCUT2D eigenvalue weighted by Crippen LogP contribution is 2.34. The number of nitrogens with one attached hydrogen (secondary N) is 3. The summed E-state index contributed by atoms with van der Waals surface area (Å²) < 4.78 is 34.1. The molecule has 9 heteroatoms. The van der Waals surface area contributed by atoms with Gasteiger partial charge >= 0.3 is 6.03 Å². The van der Waals surface area contributed by atoms with Gasteiger partial charge in [0.15, 0.2) is 0 Å². The fraction of sp³-hybridized carbons (Fsp3) is 0.297. The molecule has 0 unspecified atom stereocenters. The normalized spacial score (nSPS) is 17.5. The second-order valence-electron chi connectivity index (χ2n) is 12.3. The van der Waals surface area contributed by atoms with Crippen molar-refractivity contribution in [3.8, 4) is 5.75 Å². The Morgan fingerprint density at radius 3 is 2.41 bits per heavy atom. The molecule has 2 aliphatic heterocycles. The Kier molecular flexibility index (Phi) is 9.30. The number of likely N-dealkylation sites (tertiary alicyclic amines) is 1. The van der Waals surface area contributed by atoms with E-state index in [0.29, 0.717) is 35.8 Å². The molecule has 46 heavy (non-hydrogen) atoms. The van der Waals surface area contributed by atoms with Crippen LogP contribution in [0, 0.1) is 11.6 Å². The predicted octanol–water partition coefficient (Wildman–Crippen LogP) is 6.56. The van der Waals surface area contributed by atoms with Crippen LogP contribution < -0.4 is 25.2 Å². The first-order valence-electron chi connectivity index (χ1n) is 15.9. The quantitative estimate of drug-likeness (QED) is 0.208. The van der Waals surface area contributed by atoms with E-state index in [1.807, 2.05) is 30.3 Å². The number of nitrogens with zero attached hydrogens (tertiary/aromatic N) is 1. The van der Waals surface area contributed by atoms with Gasteiger partial charge in [0.2, 0.25) is 0 Å². The number of carbonyl (C=O) groups is 2. The molecule has 4 aromatic carbocycles. The van der Waals surface area contributed by atoms with Crippen molar-refractivity contribution in [2.75, 3.05) is 35.2 Å². The molecular weight excluding hydrogens is 586 g/mol. The van der Waals surface area contributed by atoms with Crippen LogP contribution in [0.5, 0.6) is 5.75 Å². The summed E-state index contributed by atoms with van der Waals surface area (Å²) in [5.41, 5.74) is 4.62. The molecule has 4 aromatic rings. The van der Waals surface area contributed by atoms with Crippen molar-refractivity contribution in [1.29, 1.82) is 0 Å². The highest BCUT2D eigenvalue weighted by Gasteiger charge is 2.28. The number of para-hydroxylation sites is 2. The first-order chi connectivity index (χ1) is 22.2. The number of rotatable bonds is 8. The minimum Gasteiger partial charge on any atom is -0.491 e. The van der Waals surface area contributed by atoms with E-state index in [1.165, 1.54) is 16.5 Å². The Morgan fingerprint density at radius 1 is 0.913 bits per heavy atom. The van der Waals surface area contributed by atoms with Crippen LogP contribution in [0.2, 0.25) is 0 Å². The average molecular weight is 626 g/mol. The number of hydrogen-bond donors (Lipinski definition) is 3. The molecule has 0 atom stereocenters. The first-order valence-corrected chi connectivity index (χ1v) is 15.9. The van der Waals surface area contributed by atoms with Crippen molar-refractivity contribution < 1.29 is 28.0 Å². The topological polar surface area (TPSA) is 75.1 Å². The fourth-order valence-corrected chi connectivity index (χ4v) is 6.51. The van der Waals surface area contributed by atoms with Gasteiger partial charge in [0, 0.05) is 41.9 Å². The second kappa shape index (κ2) is 13.7. The molecule has 0 aromatic heterocycles. The number of fused-ring (bicyclic) bond motifs is 1. The predicted molar refractivity (Wildman–Crippen MR) is 176 cm³/mol. The largest absolute Gasteiger partial charge is 0.491 e. The lowest BCUT2D eigenvalue weighted by Gasteiger charge is -2.30. The maximum atomic E-state index is 14.0. The van der Waals surface area contributed by atoms with Gasteiger partial charge in [-0.3, -0.25) is 4.79 Å². The van der Waals surface area contributed by atoms with E-state index in [4.69, 9.17) is 4.74 Å². The molecule has 0 radical (unpaired) electrons. The van der Waals surface area contributed by atoms with Gasteiger partial charge in [0.25, 0.3) is 5.91 Å². The van der Waals surface area contributed by atoms with E-state index in [-0.39, 0.29) is 12.0 Å². The van der Waals surface area contributed by atoms with Gasteiger partial charge in [-0.05, 0) is 79.8 Å². The van der Waals surface area contributed by atoms with E-state index >= 15 is 0 Å². The zero-order valence-corrected chi connectivity index (χ0v) is 26.1. The summed E-state index contributed by atoms with van der Waals surface area (Å²) >= 11 is 0. The Morgan fingerprint density at radius 2 is 1.65 bits per heavy atom. The number of quaternary nitrogens is 1. The van der Waals surface area contributed by atoms with Gasteiger partial charge in [0.05, 0.1) is 19.2 Å². The fourth-order valence-electron chi connectivity index (χ4n) is 6.51. The van der Waals surface area contributed by atoms with Crippen molar-refractivity contribution in [1.82, 2.24) is 0 Å². The van der Waals surface area contributed by atoms with E-state index in [0.717, 1.165) is 61.5 Å². The Bertz CT molecular complexity index is 1720. The number of halogens is 2. The summed E-state index contributed by atoms with van der Waals surface area (Å²) in [7, 11) is 0. The zero-order valence-electron chi connectivity index (χ0n) is 26.1. The van der Waals surface area contributed by atoms with Crippen LogP contribution in [-0.2, 0) is 13.0 Å². The Labute approximate surface area is 268 Å². The van der Waals surface area contributed by atoms with Crippen LogP contribution in [0.1, 0.15) is 59.7 Å². The molecule has 238 valence electrons. The lowest BCUT2D eigenvalue weighted by Crippen LogP contribution is -3.11. The van der Waals surface area contributed by atoms with Crippen LogP contribution in [0.4, 0.5) is 30.6 Å². The molecule has 2 aliphatic rings. The highest BCUT2D eigenvalue weighted by atomic mass is 19.1. The third-order valence-electron chi connectivity index (χ3n) is 8.73. The SMILES string of the molecule is CC(C)Oc1ccccc1C1CC[NH+](Cc2cccc(C(=O)N3CCc4ccc(NC(=O)Nc5c(F)cccc5F)cc43)c2)CC1. The molecule has 3 N–H and O–H groups in total. The lowest BCUT2D eigenvalue weighted by atomic mass is 9.88. The molecule has 1 fully saturated rings. The number of hydrogen-bond acceptors (Lipinski definition) is 3. The van der Waals surface area contributed by atoms with Gasteiger partial charge in [-0.2, -0.15) is 0 Å². The van der Waals surface area contributed by atoms with Crippen LogP contribution in [0.3, 0.4) is 0 Å². The summed E-state index contributed by atoms with van der Waals surface area (Å²) in [4.78, 5) is 29.5. The Balaban J connectivity index is 1.08. The molecule has 7 nitrogen and oxygen atoms in total. The molecular formula is C37H39F2N4O3+. The molecule has 3 amide bonds. The number of piperidine rings is 1. The second-order valence-corrected chi connectivity index (χ2v) is 12.3. The highest BCUT2D eigenvalue weighted by molar-refractivity contribution is 6.08.